The van der Waals surface area contributed by atoms with Crippen LogP contribution in [-0.4, -0.2) is 41.6 Å². The highest BCUT2D eigenvalue weighted by molar-refractivity contribution is 7.86. The summed E-state index contributed by atoms with van der Waals surface area (Å²) < 4.78 is 54.5. The molecule has 6 nitrogen and oxygen atoms in total. The van der Waals surface area contributed by atoms with Gasteiger partial charge >= 0.3 is 0 Å². The molecule has 1 aliphatic carbocycles. The molecule has 0 aromatic heterocycles. The average molecular weight is 298 g/mol. The van der Waals surface area contributed by atoms with Crippen LogP contribution >= 0.6 is 0 Å². The summed E-state index contributed by atoms with van der Waals surface area (Å²) >= 11 is 0. The number of rotatable bonds is 4. The van der Waals surface area contributed by atoms with Crippen molar-refractivity contribution in [2.45, 2.75) is 37.9 Å². The van der Waals surface area contributed by atoms with Crippen molar-refractivity contribution in [3.63, 3.8) is 0 Å². The fourth-order valence-corrected chi connectivity index (χ4v) is 3.14. The van der Waals surface area contributed by atoms with E-state index in [-0.39, 0.29) is 0 Å². The van der Waals surface area contributed by atoms with Gasteiger partial charge in [-0.2, -0.15) is 16.8 Å². The lowest BCUT2D eigenvalue weighted by molar-refractivity contribution is 0.0529. The third kappa shape index (κ3) is 6.48. The molecule has 0 spiro atoms. The lowest BCUT2D eigenvalue weighted by Crippen LogP contribution is -2.35. The van der Waals surface area contributed by atoms with Crippen molar-refractivity contribution in [3.05, 3.63) is 12.2 Å². The van der Waals surface area contributed by atoms with Gasteiger partial charge in [-0.05, 0) is 25.7 Å². The molecule has 0 saturated heterocycles. The van der Waals surface area contributed by atoms with Gasteiger partial charge in [-0.15, -0.1) is 0 Å². The molecule has 106 valence electrons. The monoisotopic (exact) mass is 298 g/mol. The van der Waals surface area contributed by atoms with Gasteiger partial charge in [0.2, 0.25) is 0 Å². The zero-order valence-corrected chi connectivity index (χ0v) is 12.0. The fourth-order valence-electron chi connectivity index (χ4n) is 1.80. The summed E-state index contributed by atoms with van der Waals surface area (Å²) in [5.74, 6) is 0. The predicted molar refractivity (Wildman–Crippen MR) is 67.0 cm³/mol. The first-order valence-electron chi connectivity index (χ1n) is 5.59. The van der Waals surface area contributed by atoms with Crippen molar-refractivity contribution in [2.24, 2.45) is 0 Å². The smallest absolute Gasteiger partial charge is 0.264 e. The van der Waals surface area contributed by atoms with Crippen LogP contribution in [0.3, 0.4) is 0 Å². The molecule has 8 heteroatoms. The molecule has 0 unspecified atom stereocenters. The molecule has 2 atom stereocenters. The van der Waals surface area contributed by atoms with E-state index in [4.69, 9.17) is 8.37 Å². The molecule has 0 radical (unpaired) electrons. The lowest BCUT2D eigenvalue weighted by atomic mass is 10.0. The molecule has 18 heavy (non-hydrogen) atoms. The second kappa shape index (κ2) is 6.14. The van der Waals surface area contributed by atoms with E-state index in [0.717, 1.165) is 12.5 Å². The van der Waals surface area contributed by atoms with E-state index < -0.39 is 32.4 Å². The lowest BCUT2D eigenvalue weighted by Gasteiger charge is -2.25. The van der Waals surface area contributed by atoms with Crippen LogP contribution in [0.25, 0.3) is 0 Å². The summed E-state index contributed by atoms with van der Waals surface area (Å²) in [6.45, 7) is 0. The van der Waals surface area contributed by atoms with E-state index in [1.54, 1.807) is 0 Å². The summed E-state index contributed by atoms with van der Waals surface area (Å²) in [7, 11) is -7.28. The van der Waals surface area contributed by atoms with Crippen LogP contribution in [0.15, 0.2) is 12.2 Å². The van der Waals surface area contributed by atoms with Crippen LogP contribution in [0.5, 0.6) is 0 Å². The van der Waals surface area contributed by atoms with Gasteiger partial charge in [0.1, 0.15) is 12.2 Å². The highest BCUT2D eigenvalue weighted by atomic mass is 32.2. The van der Waals surface area contributed by atoms with Crippen LogP contribution < -0.4 is 0 Å². The molecule has 0 fully saturated rings. The van der Waals surface area contributed by atoms with Gasteiger partial charge in [0.15, 0.2) is 0 Å². The Morgan fingerprint density at radius 1 is 0.833 bits per heavy atom. The minimum absolute atomic E-state index is 0.407. The van der Waals surface area contributed by atoms with Crippen LogP contribution in [-0.2, 0) is 28.6 Å². The molecule has 0 N–H and O–H groups in total. The van der Waals surface area contributed by atoms with Crippen molar-refractivity contribution >= 4 is 20.2 Å². The van der Waals surface area contributed by atoms with Gasteiger partial charge < -0.3 is 0 Å². The van der Waals surface area contributed by atoms with Gasteiger partial charge in [0, 0.05) is 0 Å². The average Bonchev–Trinajstić information content (AvgIpc) is 2.12. The Kier molecular flexibility index (Phi) is 5.32. The summed E-state index contributed by atoms with van der Waals surface area (Å²) in [6, 6.07) is 0. The van der Waals surface area contributed by atoms with Crippen LogP contribution in [0.4, 0.5) is 0 Å². The van der Waals surface area contributed by atoms with Crippen molar-refractivity contribution in [1.82, 2.24) is 0 Å². The molecular formula is C10H18O6S2. The quantitative estimate of drug-likeness (QED) is 0.564. The SMILES string of the molecule is CS(=O)(=O)O[C@H]1CCC=CCC[C@H]1OS(C)(=O)=O. The largest absolute Gasteiger partial charge is 0.264 e. The van der Waals surface area contributed by atoms with E-state index in [9.17, 15) is 16.8 Å². The molecule has 0 amide bonds. The molecule has 0 aromatic carbocycles. The van der Waals surface area contributed by atoms with Crippen LogP contribution in [0, 0.1) is 0 Å². The second-order valence-corrected chi connectivity index (χ2v) is 7.51. The van der Waals surface area contributed by atoms with Gasteiger partial charge in [-0.25, -0.2) is 0 Å². The molecule has 0 aromatic rings. The van der Waals surface area contributed by atoms with Gasteiger partial charge in [-0.1, -0.05) is 12.2 Å². The van der Waals surface area contributed by atoms with Crippen molar-refractivity contribution in [1.29, 1.82) is 0 Å². The van der Waals surface area contributed by atoms with Crippen LogP contribution in [0.2, 0.25) is 0 Å². The Morgan fingerprint density at radius 3 is 1.44 bits per heavy atom. The standard InChI is InChI=1S/C10H18O6S2/c1-17(11,12)15-9-7-5-3-4-6-8-10(9)16-18(2,13)14/h3-4,9-10H,5-8H2,1-2H3/t9-,10+. The van der Waals surface area contributed by atoms with Gasteiger partial charge in [0.05, 0.1) is 12.5 Å². The maximum Gasteiger partial charge on any atom is 0.264 e. The Hall–Kier alpha value is -0.440. The summed E-state index contributed by atoms with van der Waals surface area (Å²) in [5, 5.41) is 0. The Labute approximate surface area is 108 Å². The van der Waals surface area contributed by atoms with Crippen molar-refractivity contribution in [2.75, 3.05) is 12.5 Å². The highest BCUT2D eigenvalue weighted by Crippen LogP contribution is 2.22. The molecule has 0 bridgehead atoms. The maximum absolute atomic E-state index is 11.2. The maximum atomic E-state index is 11.2. The third-order valence-corrected chi connectivity index (χ3v) is 3.61. The van der Waals surface area contributed by atoms with E-state index >= 15 is 0 Å². The molecule has 1 rings (SSSR count). The molecule has 0 aliphatic heterocycles. The summed E-state index contributed by atoms with van der Waals surface area (Å²) in [6.07, 6.45) is 6.28. The molecule has 1 aliphatic rings. The third-order valence-electron chi connectivity index (χ3n) is 2.41. The van der Waals surface area contributed by atoms with E-state index in [1.807, 2.05) is 12.2 Å². The first-order valence-corrected chi connectivity index (χ1v) is 9.22. The number of hydrogen-bond acceptors (Lipinski definition) is 6. The van der Waals surface area contributed by atoms with Crippen molar-refractivity contribution in [3.8, 4) is 0 Å². The number of hydrogen-bond donors (Lipinski definition) is 0. The van der Waals surface area contributed by atoms with Crippen LogP contribution in [0.1, 0.15) is 25.7 Å². The topological polar surface area (TPSA) is 86.7 Å². The predicted octanol–water partition coefficient (Wildman–Crippen LogP) is 0.806. The Balaban J connectivity index is 2.86. The van der Waals surface area contributed by atoms with Gasteiger partial charge in [-0.3, -0.25) is 8.37 Å². The zero-order chi connectivity index (χ0) is 13.8. The molecule has 0 saturated carbocycles. The zero-order valence-electron chi connectivity index (χ0n) is 10.4. The minimum atomic E-state index is -3.64. The van der Waals surface area contributed by atoms with E-state index in [1.165, 1.54) is 0 Å². The van der Waals surface area contributed by atoms with Crippen molar-refractivity contribution < 1.29 is 25.2 Å². The second-order valence-electron chi connectivity index (χ2n) is 4.30. The molecule has 0 heterocycles. The molecular weight excluding hydrogens is 280 g/mol. The summed E-state index contributed by atoms with van der Waals surface area (Å²) in [5.41, 5.74) is 0. The first kappa shape index (κ1) is 15.6. The van der Waals surface area contributed by atoms with Gasteiger partial charge in [0.25, 0.3) is 20.2 Å². The Morgan fingerprint density at radius 2 is 1.17 bits per heavy atom. The minimum Gasteiger partial charge on any atom is -0.264 e. The van der Waals surface area contributed by atoms with E-state index in [0.29, 0.717) is 25.7 Å². The fraction of sp³-hybridized carbons (Fsp3) is 0.800. The van der Waals surface area contributed by atoms with E-state index in [2.05, 4.69) is 0 Å². The highest BCUT2D eigenvalue weighted by Gasteiger charge is 2.29. The summed E-state index contributed by atoms with van der Waals surface area (Å²) in [4.78, 5) is 0. The number of allylic oxidation sites excluding steroid dienone is 2. The first-order chi connectivity index (χ1) is 8.17. The Bertz CT molecular complexity index is 444. The normalized spacial score (nSPS) is 26.6.